The van der Waals surface area contributed by atoms with Crippen molar-refractivity contribution in [2.24, 2.45) is 75.7 Å². The van der Waals surface area contributed by atoms with Crippen LogP contribution in [-0.4, -0.2) is 218 Å². The molecular weight excluding hydrogens is 1390 g/mol. The van der Waals surface area contributed by atoms with Crippen molar-refractivity contribution in [1.29, 1.82) is 0 Å². The predicted octanol–water partition coefficient (Wildman–Crippen LogP) is 12.9. The summed E-state index contributed by atoms with van der Waals surface area (Å²) in [5.41, 5.74) is 15.0. The Balaban J connectivity index is 0.000000175. The molecule has 1 aromatic heterocycles. The molecule has 20 nitrogen and oxygen atoms in total. The van der Waals surface area contributed by atoms with Gasteiger partial charge in [0.1, 0.15) is 19.5 Å². The highest BCUT2D eigenvalue weighted by molar-refractivity contribution is 8.77. The Kier molecular flexibility index (Phi) is 28.8. The molecule has 8 fully saturated rings. The van der Waals surface area contributed by atoms with Gasteiger partial charge in [0.2, 0.25) is 11.8 Å². The summed E-state index contributed by atoms with van der Waals surface area (Å²) in [6, 6.07) is 0.320. The molecule has 8 aliphatic carbocycles. The fraction of sp³-hybridized carbons (Fsp3) is 0.810. The van der Waals surface area contributed by atoms with Gasteiger partial charge < -0.3 is 69.0 Å². The third-order valence-corrected chi connectivity index (χ3v) is 31.6. The van der Waals surface area contributed by atoms with Crippen LogP contribution in [0.4, 0.5) is 9.59 Å². The molecule has 20 atom stereocenters. The van der Waals surface area contributed by atoms with Gasteiger partial charge in [-0.3, -0.25) is 9.59 Å². The number of aromatic nitrogens is 2. The molecule has 0 bridgehead atoms. The third kappa shape index (κ3) is 17.7. The fourth-order valence-electron chi connectivity index (χ4n) is 21.6. The summed E-state index contributed by atoms with van der Waals surface area (Å²) in [5.74, 6) is 9.45. The van der Waals surface area contributed by atoms with Gasteiger partial charge >= 0.3 is 12.2 Å². The number of hydrogen-bond donors (Lipinski definition) is 4. The van der Waals surface area contributed by atoms with E-state index in [1.807, 2.05) is 0 Å². The number of aliphatic hydroxyl groups is 2. The van der Waals surface area contributed by atoms with Crippen molar-refractivity contribution in [2.75, 3.05) is 116 Å². The molecule has 4 saturated heterocycles. The van der Waals surface area contributed by atoms with Gasteiger partial charge in [-0.2, -0.15) is 0 Å². The van der Waals surface area contributed by atoms with E-state index in [1.165, 1.54) is 77.7 Å². The standard InChI is InChI=1S/C38H60N2O7S2.C32H50N2O3S2.C9H14N2O4/c1-24-20-33-35(40(23-24)34(42)10-18-48-49-19-13-39-36(43)46-17-16-45-15-14-44-5)26(3)38(47-33)12-9-29-30-7-6-27-21-28(41)8-11-37(27,4)32(30)22-31(29)25(38)2;1-19-15-28-30(34(18-19)29(36)9-13-38-39-14-12-33)21(3)32(37-28)11-8-24-25-6-5-22-16-23(35)7-10-31(22,4)27(25)17-26(24)20(32)2;1-13-4-5-14-6-7-15-9(12)11-3-2-10-8-11/h6,24,26,28-30,32-33,35,41H,7-23H2,1-5H3,(H,39,43);5,19,21,23-25,27-28,30,35H,6-18,33H2,1-4H3;2-3,8H,4-7H2,1H3/t24-,26+,28-,29-,30-,32-,33+,35-,37-,38-;19-,21+,23-,24-,25-,27-,28+,30-,31-,32-;/m00./s1. The van der Waals surface area contributed by atoms with Crippen molar-refractivity contribution in [3.63, 3.8) is 0 Å². The van der Waals surface area contributed by atoms with E-state index in [9.17, 15) is 29.4 Å². The number of nitrogens with zero attached hydrogens (tertiary/aromatic N) is 4. The van der Waals surface area contributed by atoms with Crippen LogP contribution in [0.3, 0.4) is 0 Å². The second kappa shape index (κ2) is 36.6. The Bertz CT molecular complexity index is 3160. The number of carbonyl (C=O) groups is 4. The van der Waals surface area contributed by atoms with E-state index in [2.05, 4.69) is 87.6 Å². The lowest BCUT2D eigenvalue weighted by molar-refractivity contribution is -0.139. The lowest BCUT2D eigenvalue weighted by atomic mass is 9.56. The van der Waals surface area contributed by atoms with E-state index in [0.29, 0.717) is 119 Å². The number of methoxy groups -OCH3 is 2. The van der Waals surface area contributed by atoms with Crippen LogP contribution in [0.5, 0.6) is 0 Å². The number of carbonyl (C=O) groups excluding carboxylic acids is 4. The van der Waals surface area contributed by atoms with Crippen molar-refractivity contribution in [1.82, 2.24) is 24.7 Å². The number of imidazole rings is 1. The minimum Gasteiger partial charge on any atom is -0.447 e. The summed E-state index contributed by atoms with van der Waals surface area (Å²) in [5, 5.41) is 23.6. The van der Waals surface area contributed by atoms with Gasteiger partial charge in [0.25, 0.3) is 0 Å². The van der Waals surface area contributed by atoms with Crippen molar-refractivity contribution in [3.05, 3.63) is 64.3 Å². The Morgan fingerprint density at radius 2 is 1.09 bits per heavy atom. The van der Waals surface area contributed by atoms with Crippen LogP contribution in [0.1, 0.15) is 171 Å². The second-order valence-electron chi connectivity index (χ2n) is 32.5. The van der Waals surface area contributed by atoms with E-state index in [0.717, 1.165) is 113 Å². The first-order valence-corrected chi connectivity index (χ1v) is 44.1. The van der Waals surface area contributed by atoms with E-state index < -0.39 is 12.2 Å². The third-order valence-electron chi connectivity index (χ3n) is 26.8. The molecule has 0 unspecified atom stereocenters. The summed E-state index contributed by atoms with van der Waals surface area (Å²) in [7, 11) is 10.1. The van der Waals surface area contributed by atoms with Crippen LogP contribution < -0.4 is 11.1 Å². The first-order chi connectivity index (χ1) is 49.6. The number of fused-ring (bicyclic) bond motifs is 12. The predicted molar refractivity (Wildman–Crippen MR) is 409 cm³/mol. The molecule has 0 aromatic carbocycles. The number of ether oxygens (including phenoxy) is 8. The number of amides is 3. The van der Waals surface area contributed by atoms with Gasteiger partial charge in [-0.25, -0.2) is 19.1 Å². The largest absolute Gasteiger partial charge is 0.447 e. The molecule has 5 heterocycles. The Morgan fingerprint density at radius 1 is 0.621 bits per heavy atom. The molecule has 5 N–H and O–H groups in total. The zero-order valence-electron chi connectivity index (χ0n) is 63.5. The molecule has 578 valence electrons. The molecule has 24 heteroatoms. The summed E-state index contributed by atoms with van der Waals surface area (Å²) in [4.78, 5) is 58.6. The maximum absolute atomic E-state index is 13.8. The Morgan fingerprint density at radius 3 is 1.55 bits per heavy atom. The van der Waals surface area contributed by atoms with E-state index >= 15 is 0 Å². The Hall–Kier alpha value is -3.11. The fourth-order valence-corrected chi connectivity index (χ4v) is 25.3. The molecule has 4 aliphatic heterocycles. The second-order valence-corrected chi connectivity index (χ2v) is 37.9. The van der Waals surface area contributed by atoms with Gasteiger partial charge in [0.05, 0.1) is 87.3 Å². The number of alkyl carbamates (subject to hydrolysis) is 1. The number of allylic oxidation sites excluding steroid dienone is 4. The molecule has 1 aromatic rings. The van der Waals surface area contributed by atoms with Crippen molar-refractivity contribution in [3.8, 4) is 0 Å². The van der Waals surface area contributed by atoms with Crippen molar-refractivity contribution < 1.29 is 67.3 Å². The quantitative estimate of drug-likeness (QED) is 0.0404. The lowest BCUT2D eigenvalue weighted by Crippen LogP contribution is -2.54. The van der Waals surface area contributed by atoms with Crippen LogP contribution in [0.25, 0.3) is 0 Å². The van der Waals surface area contributed by atoms with Gasteiger partial charge in [-0.1, -0.05) is 119 Å². The van der Waals surface area contributed by atoms with Crippen LogP contribution in [-0.2, 0) is 47.5 Å². The smallest absolute Gasteiger partial charge is 0.419 e. The van der Waals surface area contributed by atoms with Crippen molar-refractivity contribution in [2.45, 2.75) is 219 Å². The summed E-state index contributed by atoms with van der Waals surface area (Å²) in [6.45, 7) is 25.2. The number of piperidine rings is 2. The molecule has 103 heavy (non-hydrogen) atoms. The molecule has 2 spiro atoms. The van der Waals surface area contributed by atoms with Crippen LogP contribution in [0, 0.1) is 70.0 Å². The zero-order valence-corrected chi connectivity index (χ0v) is 66.7. The van der Waals surface area contributed by atoms with Crippen LogP contribution >= 0.6 is 43.2 Å². The van der Waals surface area contributed by atoms with E-state index in [1.54, 1.807) is 68.5 Å². The maximum atomic E-state index is 13.8. The summed E-state index contributed by atoms with van der Waals surface area (Å²) in [6.07, 6.45) is 26.8. The topological polar surface area (TPSA) is 245 Å². The van der Waals surface area contributed by atoms with Gasteiger partial charge in [0.15, 0.2) is 0 Å². The van der Waals surface area contributed by atoms with Crippen LogP contribution in [0.2, 0.25) is 0 Å². The average molecular weight is 1510 g/mol. The SMILES string of the molecule is CC1=C2C[C@H]3[C@@H](CC=C4C[C@@H](O)CC[C@@]43C)[C@@H]2CC[C@]12O[C@@H]1C[C@H](C)CN(C(=O)CCSSCCN)[C@H]1[C@H]2C.COCCOCCOC(=O)NCCSSCCC(=O)N1C[C@@H](C)C[C@H]2O[C@]3(CC[C@@H]4C(=C3C)C[C@H]3[C@H]4CC=C4C[C@@H](O)CC[C@@]43C)[C@H](C)[C@@H]21.COCCOCCOC(=O)n1ccnc1. The minimum absolute atomic E-state index is 0.0916. The normalized spacial score (nSPS) is 36.7. The van der Waals surface area contributed by atoms with Gasteiger partial charge in [-0.15, -0.1) is 0 Å². The van der Waals surface area contributed by atoms with Crippen LogP contribution in [0.15, 0.2) is 64.3 Å². The number of nitrogens with two attached hydrogens (primary N) is 1. The number of rotatable bonds is 25. The number of nitrogens with one attached hydrogen (secondary N) is 1. The number of hydrogen-bond acceptors (Lipinski definition) is 20. The molecule has 4 saturated carbocycles. The summed E-state index contributed by atoms with van der Waals surface area (Å²) >= 11 is 0. The average Bonchev–Trinajstić information content (AvgIpc) is 1.56. The van der Waals surface area contributed by atoms with Gasteiger partial charge in [-0.05, 0) is 186 Å². The first-order valence-electron chi connectivity index (χ1n) is 39.1. The number of likely N-dealkylation sites (tertiary alicyclic amines) is 2. The first kappa shape index (κ1) is 80.9. The molecule has 13 rings (SSSR count). The summed E-state index contributed by atoms with van der Waals surface area (Å²) < 4.78 is 45.8. The molecule has 12 aliphatic rings. The molecule has 0 radical (unpaired) electrons. The highest BCUT2D eigenvalue weighted by atomic mass is 33.1. The Labute approximate surface area is 630 Å². The zero-order chi connectivity index (χ0) is 73.2. The molecule has 3 amide bonds. The highest BCUT2D eigenvalue weighted by Crippen LogP contribution is 2.68. The van der Waals surface area contributed by atoms with Crippen molar-refractivity contribution >= 4 is 67.2 Å². The molecular formula is C79H124N6O14S4. The number of aliphatic hydroxyl groups excluding tert-OH is 2. The maximum Gasteiger partial charge on any atom is 0.419 e. The highest BCUT2D eigenvalue weighted by Gasteiger charge is 2.64. The minimum atomic E-state index is -0.456. The van der Waals surface area contributed by atoms with Gasteiger partial charge in [0, 0.05) is 100 Å². The lowest BCUT2D eigenvalue weighted by Gasteiger charge is -2.49. The van der Waals surface area contributed by atoms with E-state index in [-0.39, 0.29) is 83.6 Å². The van der Waals surface area contributed by atoms with E-state index in [4.69, 9.17) is 43.6 Å². The monoisotopic (exact) mass is 1510 g/mol.